The van der Waals surface area contributed by atoms with E-state index in [-0.39, 0.29) is 11.9 Å². The molecule has 1 aromatic heterocycles. The second-order valence-corrected chi connectivity index (χ2v) is 6.38. The van der Waals surface area contributed by atoms with Crippen LogP contribution in [0.4, 0.5) is 5.82 Å². The summed E-state index contributed by atoms with van der Waals surface area (Å²) in [5, 5.41) is 2.88. The second-order valence-electron chi connectivity index (χ2n) is 6.38. The van der Waals surface area contributed by atoms with Gasteiger partial charge in [-0.05, 0) is 54.3 Å². The zero-order valence-electron chi connectivity index (χ0n) is 15.4. The number of pyridine rings is 1. The lowest BCUT2D eigenvalue weighted by atomic mass is 10.1. The van der Waals surface area contributed by atoms with Crippen LogP contribution in [0.15, 0.2) is 48.7 Å². The maximum absolute atomic E-state index is 12.1. The summed E-state index contributed by atoms with van der Waals surface area (Å²) in [5.74, 6) is 0.418. The molecule has 0 aliphatic carbocycles. The number of nitrogens with zero attached hydrogens (tertiary/aromatic N) is 2. The fourth-order valence-electron chi connectivity index (χ4n) is 2.96. The predicted octanol–water partition coefficient (Wildman–Crippen LogP) is 2.80. The molecule has 1 N–H and O–H groups in total. The summed E-state index contributed by atoms with van der Waals surface area (Å²) in [4.78, 5) is 30.1. The molecule has 1 aromatic carbocycles. The molecule has 0 bridgehead atoms. The Morgan fingerprint density at radius 3 is 2.63 bits per heavy atom. The number of rotatable bonds is 6. The van der Waals surface area contributed by atoms with Gasteiger partial charge in [0.1, 0.15) is 5.82 Å². The molecule has 1 fully saturated rings. The number of ether oxygens (including phenoxy) is 1. The van der Waals surface area contributed by atoms with Gasteiger partial charge in [0.25, 0.3) is 0 Å². The number of hydrogen-bond acceptors (Lipinski definition) is 5. The van der Waals surface area contributed by atoms with Crippen molar-refractivity contribution in [1.82, 2.24) is 10.3 Å². The Bertz CT molecular complexity index is 825. The summed E-state index contributed by atoms with van der Waals surface area (Å²) in [6.07, 6.45) is 7.38. The number of carbonyl (C=O) groups excluding carboxylic acids is 2. The number of carbonyl (C=O) groups is 2. The van der Waals surface area contributed by atoms with Gasteiger partial charge in [-0.1, -0.05) is 12.1 Å². The van der Waals surface area contributed by atoms with E-state index < -0.39 is 0 Å². The van der Waals surface area contributed by atoms with Crippen molar-refractivity contribution >= 4 is 23.8 Å². The van der Waals surface area contributed by atoms with Crippen molar-refractivity contribution in [1.29, 1.82) is 0 Å². The van der Waals surface area contributed by atoms with Crippen molar-refractivity contribution < 1.29 is 14.3 Å². The third kappa shape index (κ3) is 5.17. The summed E-state index contributed by atoms with van der Waals surface area (Å²) in [7, 11) is 1.34. The standard InChI is InChI=1S/C21H23N3O3/c1-27-21(26)18-7-4-16(5-8-18)6-9-20(25)23-15-17-10-11-22-19(14-17)24-12-2-3-13-24/h4-11,14H,2-3,12-13,15H2,1H3,(H,23,25)/b9-6+. The van der Waals surface area contributed by atoms with Gasteiger partial charge < -0.3 is 15.0 Å². The normalized spacial score (nSPS) is 13.7. The Kier molecular flexibility index (Phi) is 6.20. The van der Waals surface area contributed by atoms with Gasteiger partial charge in [-0.3, -0.25) is 4.79 Å². The van der Waals surface area contributed by atoms with Crippen molar-refractivity contribution in [2.75, 3.05) is 25.1 Å². The van der Waals surface area contributed by atoms with Crippen LogP contribution in [-0.4, -0.2) is 37.1 Å². The fourth-order valence-corrected chi connectivity index (χ4v) is 2.96. The lowest BCUT2D eigenvalue weighted by Crippen LogP contribution is -2.22. The van der Waals surface area contributed by atoms with Gasteiger partial charge in [-0.25, -0.2) is 9.78 Å². The highest BCUT2D eigenvalue weighted by Gasteiger charge is 2.13. The van der Waals surface area contributed by atoms with Crippen LogP contribution < -0.4 is 10.2 Å². The predicted molar refractivity (Wildman–Crippen MR) is 104 cm³/mol. The van der Waals surface area contributed by atoms with Gasteiger partial charge in [0.2, 0.25) is 5.91 Å². The van der Waals surface area contributed by atoms with E-state index in [4.69, 9.17) is 0 Å². The van der Waals surface area contributed by atoms with Crippen molar-refractivity contribution in [2.45, 2.75) is 19.4 Å². The lowest BCUT2D eigenvalue weighted by molar-refractivity contribution is -0.116. The molecule has 0 saturated carbocycles. The van der Waals surface area contributed by atoms with E-state index >= 15 is 0 Å². The van der Waals surface area contributed by atoms with Gasteiger partial charge >= 0.3 is 5.97 Å². The molecule has 140 valence electrons. The molecule has 1 aliphatic rings. The quantitative estimate of drug-likeness (QED) is 0.630. The van der Waals surface area contributed by atoms with Crippen LogP contribution in [0, 0.1) is 0 Å². The van der Waals surface area contributed by atoms with Crippen LogP contribution in [-0.2, 0) is 16.1 Å². The molecule has 0 unspecified atom stereocenters. The SMILES string of the molecule is COC(=O)c1ccc(/C=C/C(=O)NCc2ccnc(N3CCCC3)c2)cc1. The van der Waals surface area contributed by atoms with Crippen LogP contribution in [0.25, 0.3) is 6.08 Å². The average Bonchev–Trinajstić information content (AvgIpc) is 3.25. The summed E-state index contributed by atoms with van der Waals surface area (Å²) in [6, 6.07) is 10.8. The topological polar surface area (TPSA) is 71.5 Å². The lowest BCUT2D eigenvalue weighted by Gasteiger charge is -2.16. The molecular weight excluding hydrogens is 342 g/mol. The van der Waals surface area contributed by atoms with Crippen molar-refractivity contribution in [3.8, 4) is 0 Å². The van der Waals surface area contributed by atoms with Crippen molar-refractivity contribution in [2.24, 2.45) is 0 Å². The number of hydrogen-bond donors (Lipinski definition) is 1. The van der Waals surface area contributed by atoms with Crippen LogP contribution in [0.2, 0.25) is 0 Å². The summed E-state index contributed by atoms with van der Waals surface area (Å²) in [6.45, 7) is 2.54. The van der Waals surface area contributed by atoms with E-state index in [1.807, 2.05) is 12.1 Å². The van der Waals surface area contributed by atoms with E-state index in [1.54, 1.807) is 36.5 Å². The maximum atomic E-state index is 12.1. The molecule has 2 heterocycles. The monoisotopic (exact) mass is 365 g/mol. The number of anilines is 1. The molecule has 6 nitrogen and oxygen atoms in total. The minimum atomic E-state index is -0.381. The van der Waals surface area contributed by atoms with Gasteiger partial charge in [-0.2, -0.15) is 0 Å². The molecule has 1 amide bonds. The van der Waals surface area contributed by atoms with Crippen LogP contribution >= 0.6 is 0 Å². The van der Waals surface area contributed by atoms with E-state index in [0.717, 1.165) is 30.0 Å². The molecule has 2 aromatic rings. The zero-order valence-corrected chi connectivity index (χ0v) is 15.4. The van der Waals surface area contributed by atoms with Gasteiger partial charge in [0.05, 0.1) is 12.7 Å². The minimum Gasteiger partial charge on any atom is -0.465 e. The van der Waals surface area contributed by atoms with E-state index in [0.29, 0.717) is 12.1 Å². The smallest absolute Gasteiger partial charge is 0.337 e. The first-order chi connectivity index (χ1) is 13.2. The number of nitrogens with one attached hydrogen (secondary N) is 1. The van der Waals surface area contributed by atoms with E-state index in [1.165, 1.54) is 26.0 Å². The van der Waals surface area contributed by atoms with Crippen molar-refractivity contribution in [3.63, 3.8) is 0 Å². The van der Waals surface area contributed by atoms with Gasteiger partial charge in [0.15, 0.2) is 0 Å². The molecule has 1 aliphatic heterocycles. The van der Waals surface area contributed by atoms with Gasteiger partial charge in [0, 0.05) is 31.9 Å². The number of methoxy groups -OCH3 is 1. The minimum absolute atomic E-state index is 0.174. The number of esters is 1. The largest absolute Gasteiger partial charge is 0.465 e. The average molecular weight is 365 g/mol. The molecule has 3 rings (SSSR count). The third-order valence-electron chi connectivity index (χ3n) is 4.47. The summed E-state index contributed by atoms with van der Waals surface area (Å²) >= 11 is 0. The van der Waals surface area contributed by atoms with Crippen molar-refractivity contribution in [3.05, 3.63) is 65.4 Å². The number of amides is 1. The van der Waals surface area contributed by atoms with E-state index in [2.05, 4.69) is 19.9 Å². The molecule has 1 saturated heterocycles. The number of aromatic nitrogens is 1. The molecule has 27 heavy (non-hydrogen) atoms. The first kappa shape index (κ1) is 18.6. The summed E-state index contributed by atoms with van der Waals surface area (Å²) < 4.78 is 4.66. The van der Waals surface area contributed by atoms with Crippen LogP contribution in [0.1, 0.15) is 34.3 Å². The third-order valence-corrected chi connectivity index (χ3v) is 4.47. The highest BCUT2D eigenvalue weighted by Crippen LogP contribution is 2.18. The maximum Gasteiger partial charge on any atom is 0.337 e. The van der Waals surface area contributed by atoms with Gasteiger partial charge in [-0.15, -0.1) is 0 Å². The molecular formula is C21H23N3O3. The van der Waals surface area contributed by atoms with Crippen LogP contribution in [0.3, 0.4) is 0 Å². The molecule has 6 heteroatoms. The highest BCUT2D eigenvalue weighted by atomic mass is 16.5. The summed E-state index contributed by atoms with van der Waals surface area (Å²) in [5.41, 5.74) is 2.33. The zero-order chi connectivity index (χ0) is 19.1. The van der Waals surface area contributed by atoms with E-state index in [9.17, 15) is 9.59 Å². The Morgan fingerprint density at radius 2 is 1.93 bits per heavy atom. The second kappa shape index (κ2) is 8.98. The Hall–Kier alpha value is -3.15. The first-order valence-electron chi connectivity index (χ1n) is 9.00. The van der Waals surface area contributed by atoms with Crippen LogP contribution in [0.5, 0.6) is 0 Å². The first-order valence-corrected chi connectivity index (χ1v) is 9.00. The molecule has 0 radical (unpaired) electrons. The Balaban J connectivity index is 1.52. The molecule has 0 atom stereocenters. The Labute approximate surface area is 158 Å². The molecule has 0 spiro atoms. The highest BCUT2D eigenvalue weighted by molar-refractivity contribution is 5.92. The fraction of sp³-hybridized carbons (Fsp3) is 0.286. The Morgan fingerprint density at radius 1 is 1.19 bits per heavy atom. The number of benzene rings is 1.